The zero-order chi connectivity index (χ0) is 12.1. The van der Waals surface area contributed by atoms with Gasteiger partial charge in [0.15, 0.2) is 0 Å². The Morgan fingerprint density at radius 2 is 2.06 bits per heavy atom. The number of hydrogen-bond donors (Lipinski definition) is 1. The molecule has 1 fully saturated rings. The Labute approximate surface area is 108 Å². The van der Waals surface area contributed by atoms with Crippen LogP contribution in [-0.4, -0.2) is 17.8 Å². The van der Waals surface area contributed by atoms with Crippen molar-refractivity contribution in [3.05, 3.63) is 35.9 Å². The van der Waals surface area contributed by atoms with Gasteiger partial charge in [-0.2, -0.15) is 12.6 Å². The van der Waals surface area contributed by atoms with Gasteiger partial charge in [0.2, 0.25) is 0 Å². The lowest BCUT2D eigenvalue weighted by Gasteiger charge is -2.10. The quantitative estimate of drug-likeness (QED) is 0.620. The molecule has 1 unspecified atom stereocenters. The van der Waals surface area contributed by atoms with Gasteiger partial charge in [0.05, 0.1) is 6.61 Å². The fourth-order valence-electron chi connectivity index (χ4n) is 1.75. The average molecular weight is 250 g/mol. The van der Waals surface area contributed by atoms with Crippen molar-refractivity contribution in [1.82, 2.24) is 0 Å². The Balaban J connectivity index is 1.70. The Bertz CT molecular complexity index is 360. The van der Waals surface area contributed by atoms with E-state index in [-0.39, 0.29) is 11.2 Å². The normalized spacial score (nSPS) is 16.5. The van der Waals surface area contributed by atoms with Gasteiger partial charge >= 0.3 is 5.97 Å². The molecule has 92 valence electrons. The number of thiol groups is 1. The summed E-state index contributed by atoms with van der Waals surface area (Å²) in [6.45, 7) is 0.551. The van der Waals surface area contributed by atoms with Crippen molar-refractivity contribution in [2.45, 2.75) is 30.9 Å². The molecule has 1 atom stereocenters. The van der Waals surface area contributed by atoms with Gasteiger partial charge in [0.25, 0.3) is 0 Å². The maximum atomic E-state index is 11.7. The Hall–Kier alpha value is -0.960. The van der Waals surface area contributed by atoms with Gasteiger partial charge < -0.3 is 4.74 Å². The molecule has 1 aromatic carbocycles. The van der Waals surface area contributed by atoms with E-state index in [4.69, 9.17) is 4.74 Å². The molecule has 0 heterocycles. The maximum Gasteiger partial charge on any atom is 0.319 e. The van der Waals surface area contributed by atoms with Gasteiger partial charge in [-0.05, 0) is 24.3 Å². The highest BCUT2D eigenvalue weighted by Crippen LogP contribution is 2.32. The van der Waals surface area contributed by atoms with E-state index in [1.807, 2.05) is 30.3 Å². The molecule has 0 amide bonds. The molecular formula is C14H18O2S. The van der Waals surface area contributed by atoms with Gasteiger partial charge in [0.1, 0.15) is 5.25 Å². The van der Waals surface area contributed by atoms with Crippen LogP contribution in [0.4, 0.5) is 0 Å². The largest absolute Gasteiger partial charge is 0.465 e. The predicted octanol–water partition coefficient (Wildman–Crippen LogP) is 2.87. The summed E-state index contributed by atoms with van der Waals surface area (Å²) in [4.78, 5) is 11.7. The fraction of sp³-hybridized carbons (Fsp3) is 0.500. The van der Waals surface area contributed by atoms with Crippen molar-refractivity contribution in [2.24, 2.45) is 5.92 Å². The average Bonchev–Trinajstić information content (AvgIpc) is 3.14. The molecule has 0 bridgehead atoms. The first-order chi connectivity index (χ1) is 8.25. The highest BCUT2D eigenvalue weighted by atomic mass is 32.1. The lowest BCUT2D eigenvalue weighted by atomic mass is 10.1. The van der Waals surface area contributed by atoms with Gasteiger partial charge in [0, 0.05) is 0 Å². The second kappa shape index (κ2) is 6.10. The van der Waals surface area contributed by atoms with Crippen molar-refractivity contribution >= 4 is 18.6 Å². The van der Waals surface area contributed by atoms with Crippen molar-refractivity contribution in [2.75, 3.05) is 6.61 Å². The van der Waals surface area contributed by atoms with E-state index in [0.717, 1.165) is 17.9 Å². The van der Waals surface area contributed by atoms with Crippen LogP contribution in [0, 0.1) is 5.92 Å². The molecule has 2 nitrogen and oxygen atoms in total. The molecule has 0 spiro atoms. The van der Waals surface area contributed by atoms with Gasteiger partial charge in [-0.1, -0.05) is 43.2 Å². The Morgan fingerprint density at radius 3 is 2.71 bits per heavy atom. The van der Waals surface area contributed by atoms with Crippen molar-refractivity contribution < 1.29 is 9.53 Å². The Kier molecular flexibility index (Phi) is 4.49. The lowest BCUT2D eigenvalue weighted by molar-refractivity contribution is -0.143. The van der Waals surface area contributed by atoms with Crippen LogP contribution in [0.1, 0.15) is 24.8 Å². The van der Waals surface area contributed by atoms with Crippen LogP contribution < -0.4 is 0 Å². The summed E-state index contributed by atoms with van der Waals surface area (Å²) in [5.74, 6) is 0.605. The smallest absolute Gasteiger partial charge is 0.319 e. The highest BCUT2D eigenvalue weighted by Gasteiger charge is 2.22. The molecule has 3 heteroatoms. The number of carbonyl (C=O) groups is 1. The second-order valence-corrected chi connectivity index (χ2v) is 5.23. The monoisotopic (exact) mass is 250 g/mol. The molecule has 0 radical (unpaired) electrons. The SMILES string of the molecule is O=C(OCCC1CC1)C(S)Cc1ccccc1. The van der Waals surface area contributed by atoms with Crippen LogP contribution in [0.2, 0.25) is 0 Å². The summed E-state index contributed by atoms with van der Waals surface area (Å²) >= 11 is 4.30. The molecule has 0 aromatic heterocycles. The van der Waals surface area contributed by atoms with E-state index >= 15 is 0 Å². The molecule has 1 aliphatic carbocycles. The zero-order valence-electron chi connectivity index (χ0n) is 9.84. The van der Waals surface area contributed by atoms with E-state index in [2.05, 4.69) is 12.6 Å². The maximum absolute atomic E-state index is 11.7. The molecule has 1 aromatic rings. The number of carbonyl (C=O) groups excluding carboxylic acids is 1. The Morgan fingerprint density at radius 1 is 1.35 bits per heavy atom. The topological polar surface area (TPSA) is 26.3 Å². The number of rotatable bonds is 6. The number of benzene rings is 1. The van der Waals surface area contributed by atoms with E-state index < -0.39 is 0 Å². The molecule has 1 saturated carbocycles. The van der Waals surface area contributed by atoms with Crippen LogP contribution in [-0.2, 0) is 16.0 Å². The third-order valence-corrected chi connectivity index (χ3v) is 3.40. The van der Waals surface area contributed by atoms with Crippen LogP contribution in [0.15, 0.2) is 30.3 Å². The van der Waals surface area contributed by atoms with Gasteiger partial charge in [-0.15, -0.1) is 0 Å². The van der Waals surface area contributed by atoms with Crippen LogP contribution in [0.5, 0.6) is 0 Å². The molecule has 0 aliphatic heterocycles. The first-order valence-electron chi connectivity index (χ1n) is 6.14. The molecule has 0 N–H and O–H groups in total. The first-order valence-corrected chi connectivity index (χ1v) is 6.66. The van der Waals surface area contributed by atoms with E-state index in [1.165, 1.54) is 12.8 Å². The molecule has 17 heavy (non-hydrogen) atoms. The molecule has 0 saturated heterocycles. The van der Waals surface area contributed by atoms with Gasteiger partial charge in [-0.3, -0.25) is 4.79 Å². The molecular weight excluding hydrogens is 232 g/mol. The first kappa shape index (κ1) is 12.5. The molecule has 2 rings (SSSR count). The summed E-state index contributed by atoms with van der Waals surface area (Å²) < 4.78 is 5.21. The van der Waals surface area contributed by atoms with Gasteiger partial charge in [-0.25, -0.2) is 0 Å². The number of hydrogen-bond acceptors (Lipinski definition) is 3. The second-order valence-electron chi connectivity index (χ2n) is 4.61. The zero-order valence-corrected chi connectivity index (χ0v) is 10.7. The van der Waals surface area contributed by atoms with E-state index in [0.29, 0.717) is 13.0 Å². The minimum Gasteiger partial charge on any atom is -0.465 e. The fourth-order valence-corrected chi connectivity index (χ4v) is 2.03. The summed E-state index contributed by atoms with van der Waals surface area (Å²) in [7, 11) is 0. The lowest BCUT2D eigenvalue weighted by Crippen LogP contribution is -2.21. The van der Waals surface area contributed by atoms with E-state index in [9.17, 15) is 4.79 Å². The standard InChI is InChI=1S/C14H18O2S/c15-14(16-9-8-11-6-7-11)13(17)10-12-4-2-1-3-5-12/h1-5,11,13,17H,6-10H2. The number of ether oxygens (including phenoxy) is 1. The summed E-state index contributed by atoms with van der Waals surface area (Å²) in [6.07, 6.45) is 4.24. The van der Waals surface area contributed by atoms with Crippen molar-refractivity contribution in [1.29, 1.82) is 0 Å². The van der Waals surface area contributed by atoms with Crippen molar-refractivity contribution in [3.8, 4) is 0 Å². The minimum absolute atomic E-state index is 0.196. The minimum atomic E-state index is -0.350. The summed E-state index contributed by atoms with van der Waals surface area (Å²) in [6, 6.07) is 9.90. The third kappa shape index (κ3) is 4.43. The van der Waals surface area contributed by atoms with E-state index in [1.54, 1.807) is 0 Å². The summed E-state index contributed by atoms with van der Waals surface area (Å²) in [5.41, 5.74) is 1.12. The molecule has 1 aliphatic rings. The van der Waals surface area contributed by atoms with Crippen LogP contribution in [0.3, 0.4) is 0 Å². The van der Waals surface area contributed by atoms with Crippen LogP contribution in [0.25, 0.3) is 0 Å². The van der Waals surface area contributed by atoms with Crippen molar-refractivity contribution in [3.63, 3.8) is 0 Å². The summed E-state index contributed by atoms with van der Waals surface area (Å²) in [5, 5.41) is -0.350. The predicted molar refractivity (Wildman–Crippen MR) is 71.2 cm³/mol. The number of esters is 1. The van der Waals surface area contributed by atoms with Crippen LogP contribution >= 0.6 is 12.6 Å². The highest BCUT2D eigenvalue weighted by molar-refractivity contribution is 7.81. The third-order valence-electron chi connectivity index (χ3n) is 3.01.